The number of likely N-dealkylation sites (tertiary alicyclic amines) is 1. The first-order valence-electron chi connectivity index (χ1n) is 8.98. The van der Waals surface area contributed by atoms with Crippen molar-refractivity contribution in [3.8, 4) is 0 Å². The van der Waals surface area contributed by atoms with Gasteiger partial charge in [0.2, 0.25) is 11.8 Å². The second-order valence-corrected chi connectivity index (χ2v) is 8.35. The molecule has 26 heavy (non-hydrogen) atoms. The lowest BCUT2D eigenvalue weighted by Gasteiger charge is -2.54. The fraction of sp³-hybridized carbons (Fsp3) is 0.824. The van der Waals surface area contributed by atoms with Gasteiger partial charge in [0.25, 0.3) is 0 Å². The zero-order chi connectivity index (χ0) is 19.7. The van der Waals surface area contributed by atoms with E-state index in [1.165, 1.54) is 11.8 Å². The molecule has 1 saturated heterocycles. The van der Waals surface area contributed by atoms with Crippen molar-refractivity contribution in [2.24, 2.45) is 11.1 Å². The van der Waals surface area contributed by atoms with Gasteiger partial charge in [-0.25, -0.2) is 10.2 Å². The Labute approximate surface area is 153 Å². The number of hydrogen-bond acceptors (Lipinski definition) is 6. The van der Waals surface area contributed by atoms with Gasteiger partial charge in [0.05, 0.1) is 11.5 Å². The summed E-state index contributed by atoms with van der Waals surface area (Å²) in [5.74, 6) is -0.819. The molecule has 148 valence electrons. The van der Waals surface area contributed by atoms with Gasteiger partial charge in [-0.1, -0.05) is 0 Å². The minimum Gasteiger partial charge on any atom is -0.443 e. The van der Waals surface area contributed by atoms with Crippen molar-refractivity contribution in [3.05, 3.63) is 0 Å². The Balaban J connectivity index is 1.81. The summed E-state index contributed by atoms with van der Waals surface area (Å²) in [5, 5.41) is 9.71. The molecule has 0 radical (unpaired) electrons. The smallest absolute Gasteiger partial charge is 0.422 e. The van der Waals surface area contributed by atoms with Crippen LogP contribution in [-0.4, -0.2) is 58.2 Å². The molecule has 9 nitrogen and oxygen atoms in total. The molecule has 2 rings (SSSR count). The van der Waals surface area contributed by atoms with E-state index in [0.717, 1.165) is 0 Å². The summed E-state index contributed by atoms with van der Waals surface area (Å²) in [6.07, 6.45) is 1.20. The Morgan fingerprint density at radius 2 is 1.92 bits per heavy atom. The van der Waals surface area contributed by atoms with Crippen LogP contribution in [0.2, 0.25) is 0 Å². The second-order valence-electron chi connectivity index (χ2n) is 8.35. The van der Waals surface area contributed by atoms with Crippen molar-refractivity contribution in [3.63, 3.8) is 0 Å². The van der Waals surface area contributed by atoms with E-state index in [1.54, 1.807) is 20.8 Å². The van der Waals surface area contributed by atoms with Crippen LogP contribution in [0.3, 0.4) is 0 Å². The van der Waals surface area contributed by atoms with Crippen LogP contribution in [-0.2, 0) is 14.3 Å². The zero-order valence-electron chi connectivity index (χ0n) is 15.9. The highest BCUT2D eigenvalue weighted by molar-refractivity contribution is 5.94. The van der Waals surface area contributed by atoms with Gasteiger partial charge in [-0.3, -0.25) is 15.0 Å². The molecule has 2 fully saturated rings. The summed E-state index contributed by atoms with van der Waals surface area (Å²) in [7, 11) is 0. The van der Waals surface area contributed by atoms with E-state index in [9.17, 15) is 19.5 Å². The topological polar surface area (TPSA) is 134 Å². The maximum atomic E-state index is 12.6. The lowest BCUT2D eigenvalue weighted by atomic mass is 9.66. The van der Waals surface area contributed by atoms with E-state index < -0.39 is 35.2 Å². The van der Waals surface area contributed by atoms with E-state index >= 15 is 0 Å². The normalized spacial score (nSPS) is 28.3. The third-order valence-electron chi connectivity index (χ3n) is 4.99. The number of hydrogen-bond donors (Lipinski definition) is 4. The van der Waals surface area contributed by atoms with Gasteiger partial charge in [0.15, 0.2) is 0 Å². The maximum Gasteiger partial charge on any atom is 0.422 e. The molecule has 2 atom stereocenters. The number of carbonyl (C=O) groups excluding carboxylic acids is 3. The van der Waals surface area contributed by atoms with Gasteiger partial charge in [0, 0.05) is 12.6 Å². The predicted molar refractivity (Wildman–Crippen MR) is 93.6 cm³/mol. The van der Waals surface area contributed by atoms with E-state index in [0.29, 0.717) is 32.2 Å². The monoisotopic (exact) mass is 370 g/mol. The van der Waals surface area contributed by atoms with Crippen LogP contribution in [0.1, 0.15) is 53.4 Å². The highest BCUT2D eigenvalue weighted by atomic mass is 16.6. The number of aliphatic hydroxyl groups is 1. The van der Waals surface area contributed by atoms with E-state index in [1.807, 2.05) is 0 Å². The first kappa shape index (κ1) is 20.4. The van der Waals surface area contributed by atoms with Crippen molar-refractivity contribution in [1.29, 1.82) is 0 Å². The number of rotatable bonds is 5. The lowest BCUT2D eigenvalue weighted by molar-refractivity contribution is -0.175. The molecule has 0 aromatic heterocycles. The first-order valence-corrected chi connectivity index (χ1v) is 8.98. The Kier molecular flexibility index (Phi) is 5.82. The largest absolute Gasteiger partial charge is 0.443 e. The molecular formula is C17H30N4O5. The quantitative estimate of drug-likeness (QED) is 0.398. The highest BCUT2D eigenvalue weighted by Gasteiger charge is 2.56. The minimum absolute atomic E-state index is 0.0543. The fourth-order valence-corrected chi connectivity index (χ4v) is 3.71. The number of β-lactam (4-membered cyclic amide) rings is 1. The lowest BCUT2D eigenvalue weighted by Crippen LogP contribution is -2.70. The molecule has 9 heteroatoms. The maximum absolute atomic E-state index is 12.6. The van der Waals surface area contributed by atoms with Gasteiger partial charge in [0.1, 0.15) is 11.6 Å². The van der Waals surface area contributed by atoms with Gasteiger partial charge < -0.3 is 20.5 Å². The second kappa shape index (κ2) is 7.40. The predicted octanol–water partition coefficient (Wildman–Crippen LogP) is 0.0216. The number of nitrogens with two attached hydrogens (primary N) is 1. The van der Waals surface area contributed by atoms with Crippen LogP contribution in [0.4, 0.5) is 4.79 Å². The molecule has 2 aliphatic rings. The summed E-state index contributed by atoms with van der Waals surface area (Å²) in [5.41, 5.74) is 9.75. The van der Waals surface area contributed by atoms with Crippen molar-refractivity contribution >= 4 is 17.9 Å². The number of primary amides is 1. The van der Waals surface area contributed by atoms with Crippen LogP contribution in [0.25, 0.3) is 0 Å². The minimum atomic E-state index is -0.996. The number of amides is 3. The van der Waals surface area contributed by atoms with Crippen LogP contribution in [0.5, 0.6) is 0 Å². The number of nitrogens with one attached hydrogen (secondary N) is 2. The van der Waals surface area contributed by atoms with E-state index in [2.05, 4.69) is 10.9 Å². The van der Waals surface area contributed by atoms with Crippen LogP contribution >= 0.6 is 0 Å². The summed E-state index contributed by atoms with van der Waals surface area (Å²) in [6.45, 7) is 7.25. The molecule has 1 spiro atoms. The van der Waals surface area contributed by atoms with E-state index in [-0.39, 0.29) is 11.9 Å². The Bertz CT molecular complexity index is 564. The highest BCUT2D eigenvalue weighted by Crippen LogP contribution is 2.46. The first-order chi connectivity index (χ1) is 11.9. The molecule has 0 aromatic rings. The van der Waals surface area contributed by atoms with Gasteiger partial charge in [-0.15, -0.1) is 0 Å². The standard InChI is InChI=1S/C17H30N4O5/c1-10(22)12(13(18)23)21-9-17(14(21)24)7-5-11(6-8-17)19-20-15(25)26-16(2,3)4/h10-12,19,22H,5-9H2,1-4H3,(H2,18,23)(H,20,25)/t10-,11?,12+,17?/m1/s1. The molecule has 1 heterocycles. The molecule has 0 aromatic carbocycles. The molecule has 1 saturated carbocycles. The number of aliphatic hydroxyl groups excluding tert-OH is 1. The fourth-order valence-electron chi connectivity index (χ4n) is 3.71. The van der Waals surface area contributed by atoms with Crippen molar-refractivity contribution < 1.29 is 24.2 Å². The Hall–Kier alpha value is -1.87. The van der Waals surface area contributed by atoms with Crippen LogP contribution < -0.4 is 16.6 Å². The van der Waals surface area contributed by atoms with Gasteiger partial charge in [-0.2, -0.15) is 0 Å². The molecule has 0 bridgehead atoms. The summed E-state index contributed by atoms with van der Waals surface area (Å²) >= 11 is 0. The SMILES string of the molecule is C[C@@H](O)[C@@H](C(N)=O)N1CC2(CCC(NNC(=O)OC(C)(C)C)CC2)C1=O. The molecule has 5 N–H and O–H groups in total. The summed E-state index contributed by atoms with van der Waals surface area (Å²) in [4.78, 5) is 37.2. The average molecular weight is 370 g/mol. The zero-order valence-corrected chi connectivity index (χ0v) is 15.9. The molecular weight excluding hydrogens is 340 g/mol. The molecule has 3 amide bonds. The van der Waals surface area contributed by atoms with Crippen molar-refractivity contribution in [1.82, 2.24) is 15.8 Å². The molecule has 1 aliphatic carbocycles. The molecule has 1 aliphatic heterocycles. The third-order valence-corrected chi connectivity index (χ3v) is 4.99. The van der Waals surface area contributed by atoms with E-state index in [4.69, 9.17) is 10.5 Å². The third kappa shape index (κ3) is 4.45. The summed E-state index contributed by atoms with van der Waals surface area (Å²) in [6, 6.07) is -0.920. The van der Waals surface area contributed by atoms with Crippen LogP contribution in [0, 0.1) is 5.41 Å². The number of carbonyl (C=O) groups is 3. The van der Waals surface area contributed by atoms with Crippen molar-refractivity contribution in [2.45, 2.75) is 77.2 Å². The number of nitrogens with zero attached hydrogens (tertiary/aromatic N) is 1. The van der Waals surface area contributed by atoms with Gasteiger partial charge in [-0.05, 0) is 53.4 Å². The van der Waals surface area contributed by atoms with Crippen LogP contribution in [0.15, 0.2) is 0 Å². The number of hydrazine groups is 1. The number of ether oxygens (including phenoxy) is 1. The van der Waals surface area contributed by atoms with Crippen molar-refractivity contribution in [2.75, 3.05) is 6.54 Å². The van der Waals surface area contributed by atoms with Gasteiger partial charge >= 0.3 is 6.09 Å². The Morgan fingerprint density at radius 1 is 1.35 bits per heavy atom. The summed E-state index contributed by atoms with van der Waals surface area (Å²) < 4.78 is 5.16. The average Bonchev–Trinajstić information content (AvgIpc) is 2.51. The molecule has 0 unspecified atom stereocenters. The Morgan fingerprint density at radius 3 is 2.35 bits per heavy atom.